The molecule has 0 spiro atoms. The van der Waals surface area contributed by atoms with Gasteiger partial charge in [0.25, 0.3) is 5.91 Å². The zero-order chi connectivity index (χ0) is 24.4. The summed E-state index contributed by atoms with van der Waals surface area (Å²) in [7, 11) is 0. The highest BCUT2D eigenvalue weighted by atomic mass is 79.9. The Morgan fingerprint density at radius 1 is 1.06 bits per heavy atom. The predicted octanol–water partition coefficient (Wildman–Crippen LogP) is 8.03. The quantitative estimate of drug-likeness (QED) is 0.250. The van der Waals surface area contributed by atoms with Crippen molar-refractivity contribution in [2.24, 2.45) is 4.99 Å². The standard InChI is InChI=1S/C28H20BrClN2O2S/c1-17-23(30)10-5-11-24(17)31-28-32-27(33)26(35-28)15-18-12-13-25(22(29)14-18)34-16-20-8-4-7-19-6-2-3-9-21(19)20/h2-15H,16H2,1H3,(H,31,32,33)/b26-15-. The van der Waals surface area contributed by atoms with Crippen LogP contribution in [0, 0.1) is 6.92 Å². The van der Waals surface area contributed by atoms with Crippen molar-refractivity contribution in [3.8, 4) is 5.75 Å². The Bertz CT molecular complexity index is 1510. The molecule has 7 heteroatoms. The summed E-state index contributed by atoms with van der Waals surface area (Å²) < 4.78 is 6.92. The van der Waals surface area contributed by atoms with E-state index in [1.54, 1.807) is 0 Å². The number of benzene rings is 4. The summed E-state index contributed by atoms with van der Waals surface area (Å²) in [5, 5.41) is 6.37. The molecule has 0 radical (unpaired) electrons. The van der Waals surface area contributed by atoms with Crippen molar-refractivity contribution < 1.29 is 9.53 Å². The molecular formula is C28H20BrClN2O2S. The van der Waals surface area contributed by atoms with Crippen molar-refractivity contribution in [2.45, 2.75) is 13.5 Å². The second kappa shape index (κ2) is 10.3. The van der Waals surface area contributed by atoms with E-state index < -0.39 is 0 Å². The molecule has 0 bridgehead atoms. The van der Waals surface area contributed by atoms with Crippen LogP contribution in [-0.2, 0) is 11.4 Å². The van der Waals surface area contributed by atoms with Crippen LogP contribution >= 0.6 is 39.3 Å². The summed E-state index contributed by atoms with van der Waals surface area (Å²) >= 11 is 11.1. The van der Waals surface area contributed by atoms with Crippen LogP contribution in [0.4, 0.5) is 5.69 Å². The first kappa shape index (κ1) is 23.7. The van der Waals surface area contributed by atoms with Gasteiger partial charge in [-0.25, -0.2) is 4.99 Å². The Morgan fingerprint density at radius 3 is 2.71 bits per heavy atom. The number of carbonyl (C=O) groups is 1. The lowest BCUT2D eigenvalue weighted by Crippen LogP contribution is -2.19. The zero-order valence-electron chi connectivity index (χ0n) is 18.7. The van der Waals surface area contributed by atoms with E-state index in [0.717, 1.165) is 32.6 Å². The smallest absolute Gasteiger partial charge is 0.264 e. The van der Waals surface area contributed by atoms with Crippen molar-refractivity contribution in [1.82, 2.24) is 5.32 Å². The highest BCUT2D eigenvalue weighted by Crippen LogP contribution is 2.33. The molecule has 1 saturated heterocycles. The van der Waals surface area contributed by atoms with Gasteiger partial charge in [0.2, 0.25) is 0 Å². The molecular weight excluding hydrogens is 544 g/mol. The number of hydrogen-bond donors (Lipinski definition) is 1. The fourth-order valence-corrected chi connectivity index (χ4v) is 5.27. The SMILES string of the molecule is Cc1c(Cl)cccc1N=C1NC(=O)/C(=C/c2ccc(OCc3cccc4ccccc34)c(Br)c2)S1. The van der Waals surface area contributed by atoms with Crippen LogP contribution in [0.1, 0.15) is 16.7 Å². The van der Waals surface area contributed by atoms with Crippen LogP contribution in [0.3, 0.4) is 0 Å². The first-order valence-corrected chi connectivity index (χ1v) is 12.9. The summed E-state index contributed by atoms with van der Waals surface area (Å²) in [6.45, 7) is 2.36. The molecule has 174 valence electrons. The topological polar surface area (TPSA) is 50.7 Å². The summed E-state index contributed by atoms with van der Waals surface area (Å²) in [6, 6.07) is 25.8. The van der Waals surface area contributed by atoms with E-state index in [4.69, 9.17) is 16.3 Å². The number of halogens is 2. The molecule has 0 atom stereocenters. The number of nitrogens with one attached hydrogen (secondary N) is 1. The number of aliphatic imine (C=N–C) groups is 1. The fourth-order valence-electron chi connectivity index (χ4n) is 3.76. The minimum Gasteiger partial charge on any atom is -0.488 e. The number of hydrogen-bond acceptors (Lipinski definition) is 4. The molecule has 35 heavy (non-hydrogen) atoms. The molecule has 0 unspecified atom stereocenters. The lowest BCUT2D eigenvalue weighted by Gasteiger charge is -2.11. The molecule has 4 nitrogen and oxygen atoms in total. The number of nitrogens with zero attached hydrogens (tertiary/aromatic N) is 1. The molecule has 4 aromatic carbocycles. The highest BCUT2D eigenvalue weighted by Gasteiger charge is 2.24. The predicted molar refractivity (Wildman–Crippen MR) is 149 cm³/mol. The van der Waals surface area contributed by atoms with E-state index in [9.17, 15) is 4.79 Å². The summed E-state index contributed by atoms with van der Waals surface area (Å²) in [6.07, 6.45) is 1.84. The first-order valence-electron chi connectivity index (χ1n) is 10.9. The van der Waals surface area contributed by atoms with Gasteiger partial charge in [0.1, 0.15) is 12.4 Å². The number of carbonyl (C=O) groups excluding carboxylic acids is 1. The monoisotopic (exact) mass is 562 g/mol. The van der Waals surface area contributed by atoms with Gasteiger partial charge in [-0.3, -0.25) is 4.79 Å². The fraction of sp³-hybridized carbons (Fsp3) is 0.0714. The molecule has 1 amide bonds. The second-order valence-corrected chi connectivity index (χ2v) is 10.3. The minimum absolute atomic E-state index is 0.180. The molecule has 1 heterocycles. The van der Waals surface area contributed by atoms with Gasteiger partial charge in [-0.05, 0) is 92.4 Å². The Hall–Kier alpha value is -3.06. The van der Waals surface area contributed by atoms with Crippen LogP contribution in [0.25, 0.3) is 16.8 Å². The summed E-state index contributed by atoms with van der Waals surface area (Å²) in [4.78, 5) is 17.6. The van der Waals surface area contributed by atoms with E-state index in [1.165, 1.54) is 22.5 Å². The third-order valence-electron chi connectivity index (χ3n) is 5.63. The van der Waals surface area contributed by atoms with Crippen molar-refractivity contribution in [2.75, 3.05) is 0 Å². The average molecular weight is 564 g/mol. The van der Waals surface area contributed by atoms with Gasteiger partial charge in [-0.1, -0.05) is 66.2 Å². The Labute approximate surface area is 221 Å². The van der Waals surface area contributed by atoms with E-state index >= 15 is 0 Å². The average Bonchev–Trinajstić information content (AvgIpc) is 3.20. The molecule has 1 N–H and O–H groups in total. The maximum Gasteiger partial charge on any atom is 0.264 e. The summed E-state index contributed by atoms with van der Waals surface area (Å²) in [5.41, 5.74) is 3.61. The van der Waals surface area contributed by atoms with Crippen LogP contribution < -0.4 is 10.1 Å². The van der Waals surface area contributed by atoms with E-state index in [2.05, 4.69) is 50.5 Å². The molecule has 0 aliphatic carbocycles. The molecule has 1 aliphatic heterocycles. The molecule has 1 fully saturated rings. The third-order valence-corrected chi connectivity index (χ3v) is 7.57. The molecule has 1 aliphatic rings. The minimum atomic E-state index is -0.180. The van der Waals surface area contributed by atoms with Gasteiger partial charge in [0.05, 0.1) is 15.1 Å². The van der Waals surface area contributed by atoms with Crippen molar-refractivity contribution in [3.05, 3.63) is 110 Å². The second-order valence-electron chi connectivity index (χ2n) is 7.98. The first-order chi connectivity index (χ1) is 17.0. The van der Waals surface area contributed by atoms with Crippen LogP contribution in [-0.4, -0.2) is 11.1 Å². The van der Waals surface area contributed by atoms with Crippen molar-refractivity contribution in [1.29, 1.82) is 0 Å². The molecule has 0 aromatic heterocycles. The zero-order valence-corrected chi connectivity index (χ0v) is 21.9. The van der Waals surface area contributed by atoms with E-state index in [0.29, 0.717) is 21.7 Å². The van der Waals surface area contributed by atoms with Crippen LogP contribution in [0.2, 0.25) is 5.02 Å². The summed E-state index contributed by atoms with van der Waals surface area (Å²) in [5.74, 6) is 0.558. The van der Waals surface area contributed by atoms with Gasteiger partial charge in [0, 0.05) is 5.02 Å². The van der Waals surface area contributed by atoms with E-state index in [1.807, 2.05) is 67.6 Å². The number of thioether (sulfide) groups is 1. The molecule has 0 saturated carbocycles. The van der Waals surface area contributed by atoms with Gasteiger partial charge in [0.15, 0.2) is 5.17 Å². The lowest BCUT2D eigenvalue weighted by atomic mass is 10.1. The molecule has 5 rings (SSSR count). The van der Waals surface area contributed by atoms with Crippen LogP contribution in [0.5, 0.6) is 5.75 Å². The third kappa shape index (κ3) is 5.30. The Morgan fingerprint density at radius 2 is 1.86 bits per heavy atom. The number of amides is 1. The molecule has 4 aromatic rings. The highest BCUT2D eigenvalue weighted by molar-refractivity contribution is 9.10. The normalized spacial score (nSPS) is 15.7. The van der Waals surface area contributed by atoms with Crippen molar-refractivity contribution >= 4 is 72.9 Å². The van der Waals surface area contributed by atoms with E-state index in [-0.39, 0.29) is 5.91 Å². The number of rotatable bonds is 5. The lowest BCUT2D eigenvalue weighted by molar-refractivity contribution is -0.115. The van der Waals surface area contributed by atoms with Crippen molar-refractivity contribution in [3.63, 3.8) is 0 Å². The van der Waals surface area contributed by atoms with Gasteiger partial charge in [-0.2, -0.15) is 0 Å². The van der Waals surface area contributed by atoms with Gasteiger partial charge < -0.3 is 10.1 Å². The Kier molecular flexibility index (Phi) is 6.95. The number of amidine groups is 1. The van der Waals surface area contributed by atoms with Crippen LogP contribution in [0.15, 0.2) is 93.2 Å². The largest absolute Gasteiger partial charge is 0.488 e. The maximum absolute atomic E-state index is 12.5. The van der Waals surface area contributed by atoms with Gasteiger partial charge >= 0.3 is 0 Å². The number of fused-ring (bicyclic) bond motifs is 1. The Balaban J connectivity index is 1.31. The number of ether oxygens (including phenoxy) is 1. The van der Waals surface area contributed by atoms with Gasteiger partial charge in [-0.15, -0.1) is 0 Å². The maximum atomic E-state index is 12.5.